The largest absolute Gasteiger partial charge is 0.582 e. The van der Waals surface area contributed by atoms with Crippen LogP contribution in [0.1, 0.15) is 99.3 Å². The predicted molar refractivity (Wildman–Crippen MR) is 317 cm³/mol. The Hall–Kier alpha value is -0.336. The summed E-state index contributed by atoms with van der Waals surface area (Å²) in [6.45, 7) is 12.3. The normalized spacial score (nSPS) is 19.8. The van der Waals surface area contributed by atoms with Crippen LogP contribution < -0.4 is 0 Å². The second kappa shape index (κ2) is 43.9. The van der Waals surface area contributed by atoms with Crippen LogP contribution in [0.4, 0.5) is 57.1 Å². The molecule has 548 valence electrons. The van der Waals surface area contributed by atoms with E-state index in [4.69, 9.17) is 88.4 Å². The molecule has 0 aromatic rings. The Morgan fingerprint density at radius 2 is 0.791 bits per heavy atom. The molecule has 5 atom stereocenters. The molecule has 0 spiro atoms. The molecule has 3 heterocycles. The van der Waals surface area contributed by atoms with Gasteiger partial charge in [0.1, 0.15) is 12.2 Å². The Morgan fingerprint density at radius 3 is 1.12 bits per heavy atom. The van der Waals surface area contributed by atoms with Crippen LogP contribution in [0.25, 0.3) is 0 Å². The fraction of sp³-hybridized carbons (Fsp3) is 1.00. The molecule has 4 rings (SSSR count). The van der Waals surface area contributed by atoms with Gasteiger partial charge in [-0.05, 0) is 92.4 Å². The fourth-order valence-electron chi connectivity index (χ4n) is 8.86. The Bertz CT molecular complexity index is 1810. The second-order valence-electron chi connectivity index (χ2n) is 20.3. The lowest BCUT2D eigenvalue weighted by molar-refractivity contribution is -0.397. The van der Waals surface area contributed by atoms with E-state index >= 15 is 0 Å². The molecule has 0 aromatic carbocycles. The van der Waals surface area contributed by atoms with E-state index in [9.17, 15) is 57.1 Å². The monoisotopic (exact) mass is 1470 g/mol. The van der Waals surface area contributed by atoms with E-state index in [2.05, 4.69) is 13.3 Å². The maximum Gasteiger partial charge on any atom is 0.582 e. The minimum atomic E-state index is -7.55. The summed E-state index contributed by atoms with van der Waals surface area (Å²) in [6, 6.07) is 3.29. The fourth-order valence-corrected chi connectivity index (χ4v) is 19.6. The minimum absolute atomic E-state index is 0.331. The first-order valence-electron chi connectivity index (χ1n) is 30.0. The van der Waals surface area contributed by atoms with Crippen molar-refractivity contribution < 1.29 is 147 Å². The van der Waals surface area contributed by atoms with Gasteiger partial charge in [0, 0.05) is 160 Å². The van der Waals surface area contributed by atoms with Gasteiger partial charge in [0.15, 0.2) is 0 Å². The summed E-state index contributed by atoms with van der Waals surface area (Å²) in [5.74, 6) is -27.2. The standard InChI is InChI=1S/C14H19F13O3Si.C12H26O5Si.C11H22O4Si.C9H20O5Si.C6H15ClO3Si/c1-4-28-31(29-5-2,30-6-3)14(26,27)13(24,25)12(22,23)11(20,21)9(15,16)7-8-10(17,18)19;1-4-15-18(16-5-2,17-6-3)9-7-8-13-10-12-11-14-12;1-12-16(13-2,14-3)7-6-9-4-5-10-11(8-9)15-10;1-10-15(11-2,12-3)6-4-5-13-7-9-8-14-9;1-8-11(9-2,10-3)6-4-5-7/h4-8H2,1-3H3;12H,4-11H2,1-3H3;9-11H,4-8H2,1-3H3;9H,4-8H2,1-3H3;4-6H2,1-3H3. The molecule has 1 aliphatic carbocycles. The van der Waals surface area contributed by atoms with E-state index in [1.807, 2.05) is 20.8 Å². The van der Waals surface area contributed by atoms with E-state index in [1.165, 1.54) is 19.3 Å². The average molecular weight is 1470 g/mol. The number of fused-ring (bicyclic) bond motifs is 1. The van der Waals surface area contributed by atoms with Gasteiger partial charge >= 0.3 is 79.4 Å². The lowest BCUT2D eigenvalue weighted by Crippen LogP contribution is -2.76. The van der Waals surface area contributed by atoms with Crippen molar-refractivity contribution >= 4 is 55.6 Å². The molecule has 91 heavy (non-hydrogen) atoms. The molecule has 3 aliphatic heterocycles. The van der Waals surface area contributed by atoms with Crippen molar-refractivity contribution in [2.24, 2.45) is 5.92 Å². The Labute approximate surface area is 539 Å². The summed E-state index contributed by atoms with van der Waals surface area (Å²) in [6.07, 6.45) is -2.07. The summed E-state index contributed by atoms with van der Waals surface area (Å²) in [5, 5.41) is 0. The Kier molecular flexibility index (Phi) is 43.8. The van der Waals surface area contributed by atoms with Crippen molar-refractivity contribution in [1.29, 1.82) is 0 Å². The number of ether oxygens (including phenoxy) is 5. The van der Waals surface area contributed by atoms with E-state index in [0.29, 0.717) is 76.5 Å². The van der Waals surface area contributed by atoms with Crippen molar-refractivity contribution in [3.8, 4) is 0 Å². The lowest BCUT2D eigenvalue weighted by atomic mass is 9.88. The highest BCUT2D eigenvalue weighted by molar-refractivity contribution is 6.64. The van der Waals surface area contributed by atoms with E-state index < -0.39 is 112 Å². The first kappa shape index (κ1) is 90.7. The van der Waals surface area contributed by atoms with Crippen LogP contribution in [-0.2, 0) is 90.1 Å². The van der Waals surface area contributed by atoms with Gasteiger partial charge in [0.05, 0.1) is 38.6 Å². The van der Waals surface area contributed by atoms with Crippen LogP contribution >= 0.6 is 11.6 Å². The smallest absolute Gasteiger partial charge is 0.379 e. The van der Waals surface area contributed by atoms with Gasteiger partial charge in [-0.2, -0.15) is 57.1 Å². The summed E-state index contributed by atoms with van der Waals surface area (Å²) >= 11 is 5.53. The molecule has 4 fully saturated rings. The highest BCUT2D eigenvalue weighted by Gasteiger charge is 2.92. The van der Waals surface area contributed by atoms with Gasteiger partial charge in [0.25, 0.3) is 0 Å². The maximum atomic E-state index is 14.6. The molecular weight excluding hydrogens is 1370 g/mol. The average Bonchev–Trinajstić information content (AvgIpc) is 1.04. The molecule has 4 aliphatic rings. The lowest BCUT2D eigenvalue weighted by Gasteiger charge is -2.43. The number of epoxide rings is 3. The topological polar surface area (TPSA) is 194 Å². The van der Waals surface area contributed by atoms with Crippen molar-refractivity contribution in [3.05, 3.63) is 0 Å². The third kappa shape index (κ3) is 29.6. The Balaban J connectivity index is 0.00000117. The molecule has 3 saturated heterocycles. The minimum Gasteiger partial charge on any atom is -0.379 e. The summed E-state index contributed by atoms with van der Waals surface area (Å²) < 4.78 is 280. The zero-order valence-electron chi connectivity index (χ0n) is 55.2. The third-order valence-corrected chi connectivity index (χ3v) is 29.1. The van der Waals surface area contributed by atoms with E-state index in [1.54, 1.807) is 64.0 Å². The van der Waals surface area contributed by atoms with Gasteiger partial charge in [0.2, 0.25) is 0 Å². The number of alkyl halides is 14. The first-order chi connectivity index (χ1) is 42.6. The van der Waals surface area contributed by atoms with Crippen molar-refractivity contribution in [3.63, 3.8) is 0 Å². The van der Waals surface area contributed by atoms with Crippen molar-refractivity contribution in [1.82, 2.24) is 0 Å². The highest BCUT2D eigenvalue weighted by Crippen LogP contribution is 2.60. The molecule has 20 nitrogen and oxygen atoms in total. The third-order valence-electron chi connectivity index (χ3n) is 14.2. The zero-order valence-corrected chi connectivity index (χ0v) is 61.0. The quantitative estimate of drug-likeness (QED) is 0.0183. The van der Waals surface area contributed by atoms with Crippen LogP contribution in [0.15, 0.2) is 0 Å². The van der Waals surface area contributed by atoms with Crippen LogP contribution in [0, 0.1) is 5.92 Å². The van der Waals surface area contributed by atoms with Crippen LogP contribution in [-0.4, -0.2) is 253 Å². The molecule has 1 saturated carbocycles. The molecule has 39 heteroatoms. The first-order valence-corrected chi connectivity index (χ1v) is 40.0. The molecule has 0 aromatic heterocycles. The zero-order chi connectivity index (χ0) is 69.9. The Morgan fingerprint density at radius 1 is 0.429 bits per heavy atom. The summed E-state index contributed by atoms with van der Waals surface area (Å²) in [7, 11) is -1.08. The SMILES string of the molecule is CCO[Si](CCCOCC1CO1)(OCC)OCC.CCO[Si](OCC)(OCC)C(F)(F)C(F)(F)C(F)(F)C(F)(F)C(F)(F)CCC(F)(F)F.CO[Si](CCC1CCC2OC2C1)(OC)OC.CO[Si](CCCCl)(OC)OC.CO[Si](CCCOCC1CO1)(OC)OC. The van der Waals surface area contributed by atoms with Gasteiger partial charge in [-0.25, -0.2) is 0 Å². The molecule has 0 bridgehead atoms. The van der Waals surface area contributed by atoms with Gasteiger partial charge in [-0.1, -0.05) is 0 Å². The summed E-state index contributed by atoms with van der Waals surface area (Å²) in [5.41, 5.74) is -6.39. The number of hydrogen-bond donors (Lipinski definition) is 0. The van der Waals surface area contributed by atoms with E-state index in [-0.39, 0.29) is 0 Å². The van der Waals surface area contributed by atoms with Gasteiger partial charge in [-0.15, -0.1) is 11.6 Å². The molecule has 0 radical (unpaired) electrons. The van der Waals surface area contributed by atoms with Crippen molar-refractivity contribution in [2.75, 3.05) is 149 Å². The number of hydrogen-bond acceptors (Lipinski definition) is 20. The predicted octanol–water partition coefficient (Wildman–Crippen LogP) is 11.9. The van der Waals surface area contributed by atoms with Gasteiger partial charge in [-0.3, -0.25) is 0 Å². The molecule has 0 amide bonds. The maximum absolute atomic E-state index is 14.6. The van der Waals surface area contributed by atoms with Crippen LogP contribution in [0.2, 0.25) is 24.2 Å². The van der Waals surface area contributed by atoms with Gasteiger partial charge < -0.3 is 90.1 Å². The van der Waals surface area contributed by atoms with Crippen molar-refractivity contribution in [2.45, 2.75) is 183 Å². The van der Waals surface area contributed by atoms with Crippen LogP contribution in [0.5, 0.6) is 0 Å². The molecule has 0 N–H and O–H groups in total. The molecular formula is C52H102ClF13O20Si5. The summed E-state index contributed by atoms with van der Waals surface area (Å²) in [4.78, 5) is 0. The highest BCUT2D eigenvalue weighted by atomic mass is 35.5. The number of rotatable bonds is 46. The number of halogens is 14. The second-order valence-corrected chi connectivity index (χ2v) is 35.3. The van der Waals surface area contributed by atoms with Crippen LogP contribution in [0.3, 0.4) is 0 Å². The van der Waals surface area contributed by atoms with E-state index in [0.717, 1.165) is 89.8 Å². The molecule has 5 unspecified atom stereocenters.